The second-order valence-electron chi connectivity index (χ2n) is 10.1. The molecule has 12 heteroatoms. The van der Waals surface area contributed by atoms with Gasteiger partial charge in [-0.3, -0.25) is 9.59 Å². The summed E-state index contributed by atoms with van der Waals surface area (Å²) in [7, 11) is 0. The van der Waals surface area contributed by atoms with E-state index in [4.69, 9.17) is 37.4 Å². The van der Waals surface area contributed by atoms with Crippen molar-refractivity contribution in [1.82, 2.24) is 10.7 Å². The van der Waals surface area contributed by atoms with Gasteiger partial charge in [0.05, 0.1) is 33.9 Å². The minimum Gasteiger partial charge on any atom is -0.490 e. The van der Waals surface area contributed by atoms with Crippen LogP contribution in [0.3, 0.4) is 0 Å². The lowest BCUT2D eigenvalue weighted by Crippen LogP contribution is -2.50. The van der Waals surface area contributed by atoms with E-state index in [-0.39, 0.29) is 23.8 Å². The number of carbonyl (C=O) groups excluding carboxylic acids is 2. The summed E-state index contributed by atoms with van der Waals surface area (Å²) in [6.07, 6.45) is 0.700. The maximum atomic E-state index is 13.3. The maximum Gasteiger partial charge on any atom is 0.262 e. The van der Waals surface area contributed by atoms with E-state index >= 15 is 0 Å². The smallest absolute Gasteiger partial charge is 0.262 e. The van der Waals surface area contributed by atoms with Crippen LogP contribution in [0.4, 0.5) is 0 Å². The Kier molecular flexibility index (Phi) is 13.1. The quantitative estimate of drug-likeness (QED) is 0.104. The number of rotatable bonds is 14. The highest BCUT2D eigenvalue weighted by molar-refractivity contribution is 9.10. The average molecular weight is 738 g/mol. The Morgan fingerprint density at radius 3 is 2.45 bits per heavy atom. The van der Waals surface area contributed by atoms with Crippen molar-refractivity contribution in [3.63, 3.8) is 0 Å². The van der Waals surface area contributed by atoms with Crippen molar-refractivity contribution in [3.05, 3.63) is 122 Å². The molecular weight excluding hydrogens is 707 g/mol. The van der Waals surface area contributed by atoms with E-state index in [1.807, 2.05) is 49.4 Å². The van der Waals surface area contributed by atoms with Gasteiger partial charge in [-0.2, -0.15) is 10.4 Å². The molecule has 0 heterocycles. The number of halogens is 3. The van der Waals surface area contributed by atoms with Crippen LogP contribution in [-0.4, -0.2) is 36.8 Å². The van der Waals surface area contributed by atoms with Crippen LogP contribution in [0, 0.1) is 11.3 Å². The van der Waals surface area contributed by atoms with Gasteiger partial charge in [0.1, 0.15) is 18.4 Å². The van der Waals surface area contributed by atoms with E-state index < -0.39 is 24.0 Å². The summed E-state index contributed by atoms with van der Waals surface area (Å²) in [5, 5.41) is 17.0. The van der Waals surface area contributed by atoms with Crippen LogP contribution in [0.1, 0.15) is 36.1 Å². The zero-order chi connectivity index (χ0) is 33.8. The lowest BCUT2D eigenvalue weighted by atomic mass is 10.1. The molecule has 0 aliphatic carbocycles. The Bertz CT molecular complexity index is 1780. The van der Waals surface area contributed by atoms with Gasteiger partial charge in [0.2, 0.25) is 0 Å². The predicted molar refractivity (Wildman–Crippen MR) is 185 cm³/mol. The van der Waals surface area contributed by atoms with Gasteiger partial charge in [-0.15, -0.1) is 0 Å². The number of hydrogen-bond acceptors (Lipinski definition) is 7. The van der Waals surface area contributed by atoms with E-state index in [0.717, 1.165) is 11.1 Å². The first-order valence-electron chi connectivity index (χ1n) is 14.5. The summed E-state index contributed by atoms with van der Waals surface area (Å²) in [6, 6.07) is 25.8. The Labute approximate surface area is 291 Å². The van der Waals surface area contributed by atoms with E-state index in [1.54, 1.807) is 43.3 Å². The summed E-state index contributed by atoms with van der Waals surface area (Å²) >= 11 is 15.7. The number of benzene rings is 4. The molecule has 2 N–H and O–H groups in total. The van der Waals surface area contributed by atoms with Crippen LogP contribution in [0.5, 0.6) is 17.2 Å². The molecule has 0 saturated heterocycles. The Balaban J connectivity index is 1.46. The normalized spacial score (nSPS) is 12.1. The second-order valence-corrected chi connectivity index (χ2v) is 11.8. The minimum atomic E-state index is -0.966. The minimum absolute atomic E-state index is 0.164. The van der Waals surface area contributed by atoms with Gasteiger partial charge in [0, 0.05) is 17.0 Å². The molecule has 0 saturated carbocycles. The molecule has 2 atom stereocenters. The molecule has 4 rings (SSSR count). The van der Waals surface area contributed by atoms with Gasteiger partial charge in [-0.1, -0.05) is 71.7 Å². The molecule has 2 amide bonds. The van der Waals surface area contributed by atoms with Gasteiger partial charge in [0.25, 0.3) is 11.8 Å². The third kappa shape index (κ3) is 10.2. The molecule has 0 fully saturated rings. The molecule has 242 valence electrons. The number of amides is 2. The third-order valence-electron chi connectivity index (χ3n) is 6.71. The second kappa shape index (κ2) is 17.4. The van der Waals surface area contributed by atoms with Crippen LogP contribution in [-0.2, 0) is 22.6 Å². The molecule has 4 aromatic carbocycles. The molecule has 0 unspecified atom stereocenters. The highest BCUT2D eigenvalue weighted by atomic mass is 79.9. The number of nitrogens with zero attached hydrogens (tertiary/aromatic N) is 2. The Hall–Kier alpha value is -4.56. The fourth-order valence-corrected chi connectivity index (χ4v) is 5.41. The first-order valence-corrected chi connectivity index (χ1v) is 16.1. The lowest BCUT2D eigenvalue weighted by molar-refractivity contribution is -0.132. The molecule has 47 heavy (non-hydrogen) atoms. The van der Waals surface area contributed by atoms with E-state index in [1.165, 1.54) is 12.3 Å². The topological polar surface area (TPSA) is 122 Å². The van der Waals surface area contributed by atoms with Crippen molar-refractivity contribution in [3.8, 4) is 23.3 Å². The monoisotopic (exact) mass is 736 g/mol. The summed E-state index contributed by atoms with van der Waals surface area (Å²) in [6.45, 7) is 3.94. The zero-order valence-electron chi connectivity index (χ0n) is 25.5. The van der Waals surface area contributed by atoms with E-state index in [0.29, 0.717) is 38.7 Å². The molecule has 4 aromatic rings. The number of nitriles is 1. The SMILES string of the molecule is CCOc1cc(/C=N\NC(=O)[C@@H](Cc2ccccc2)NC(=O)[C@@H](C)Oc2ccc(Cl)cc2Cl)cc(Br)c1OCc1ccccc1C#N. The number of hydrazone groups is 1. The average Bonchev–Trinajstić information content (AvgIpc) is 3.06. The van der Waals surface area contributed by atoms with Gasteiger partial charge >= 0.3 is 0 Å². The number of ether oxygens (including phenoxy) is 3. The molecule has 9 nitrogen and oxygen atoms in total. The van der Waals surface area contributed by atoms with Gasteiger partial charge in [-0.25, -0.2) is 5.43 Å². The van der Waals surface area contributed by atoms with E-state index in [9.17, 15) is 14.9 Å². The summed E-state index contributed by atoms with van der Waals surface area (Å²) < 4.78 is 18.2. The Morgan fingerprint density at radius 1 is 0.979 bits per heavy atom. The van der Waals surface area contributed by atoms with Crippen LogP contribution in [0.2, 0.25) is 10.0 Å². The van der Waals surface area contributed by atoms with Gasteiger partial charge in [0.15, 0.2) is 17.6 Å². The number of hydrogen-bond donors (Lipinski definition) is 2. The van der Waals surface area contributed by atoms with Crippen molar-refractivity contribution in [2.45, 2.75) is 39.0 Å². The zero-order valence-corrected chi connectivity index (χ0v) is 28.6. The lowest BCUT2D eigenvalue weighted by Gasteiger charge is -2.21. The van der Waals surface area contributed by atoms with Gasteiger partial charge < -0.3 is 19.5 Å². The fourth-order valence-electron chi connectivity index (χ4n) is 4.38. The summed E-state index contributed by atoms with van der Waals surface area (Å²) in [5.41, 5.74) is 5.24. The molecule has 0 radical (unpaired) electrons. The fraction of sp³-hybridized carbons (Fsp3) is 0.200. The summed E-state index contributed by atoms with van der Waals surface area (Å²) in [5.74, 6) is 0.147. The predicted octanol–water partition coefficient (Wildman–Crippen LogP) is 7.25. The molecule has 0 aromatic heterocycles. The first-order chi connectivity index (χ1) is 22.7. The molecule has 0 aliphatic heterocycles. The molecule has 0 aliphatic rings. The third-order valence-corrected chi connectivity index (χ3v) is 7.83. The maximum absolute atomic E-state index is 13.3. The number of nitrogens with one attached hydrogen (secondary N) is 2. The molecular formula is C35H31BrCl2N4O5. The highest BCUT2D eigenvalue weighted by Gasteiger charge is 2.25. The van der Waals surface area contributed by atoms with Crippen molar-refractivity contribution in [2.24, 2.45) is 5.10 Å². The standard InChI is InChI=1S/C35H31BrCl2N4O5/c1-3-45-32-17-24(15-28(36)33(32)46-21-26-12-8-7-11-25(26)19-39)20-40-42-35(44)30(16-23-9-5-4-6-10-23)41-34(43)22(2)47-31-14-13-27(37)18-29(31)38/h4-15,17-18,20,22,30H,3,16,21H2,1-2H3,(H,41,43)(H,42,44)/b40-20-/t22-,30-/m1/s1. The van der Waals surface area contributed by atoms with Crippen LogP contribution in [0.25, 0.3) is 0 Å². The van der Waals surface area contributed by atoms with E-state index in [2.05, 4.69) is 37.8 Å². The largest absolute Gasteiger partial charge is 0.490 e. The van der Waals surface area contributed by atoms with Crippen molar-refractivity contribution < 1.29 is 23.8 Å². The van der Waals surface area contributed by atoms with Crippen LogP contribution in [0.15, 0.2) is 94.5 Å². The highest BCUT2D eigenvalue weighted by Crippen LogP contribution is 2.37. The van der Waals surface area contributed by atoms with Crippen molar-refractivity contribution >= 4 is 57.2 Å². The summed E-state index contributed by atoms with van der Waals surface area (Å²) in [4.78, 5) is 26.4. The van der Waals surface area contributed by atoms with Crippen molar-refractivity contribution in [1.29, 1.82) is 5.26 Å². The molecule has 0 bridgehead atoms. The first kappa shape index (κ1) is 35.3. The molecule has 0 spiro atoms. The number of carbonyl (C=O) groups is 2. The van der Waals surface area contributed by atoms with Crippen LogP contribution >= 0.6 is 39.1 Å². The van der Waals surface area contributed by atoms with Crippen molar-refractivity contribution in [2.75, 3.05) is 6.61 Å². The van der Waals surface area contributed by atoms with Gasteiger partial charge in [-0.05, 0) is 77.3 Å². The van der Waals surface area contributed by atoms with Crippen LogP contribution < -0.4 is 25.0 Å². The Morgan fingerprint density at radius 2 is 1.72 bits per heavy atom.